The minimum absolute atomic E-state index is 0.764. The highest BCUT2D eigenvalue weighted by atomic mass is 15.0. The van der Waals surface area contributed by atoms with E-state index in [9.17, 15) is 0 Å². The van der Waals surface area contributed by atoms with Crippen LogP contribution in [0.15, 0.2) is 48.5 Å². The number of aromatic nitrogens is 3. The van der Waals surface area contributed by atoms with Crippen LogP contribution < -0.4 is 0 Å². The van der Waals surface area contributed by atoms with Crippen molar-refractivity contribution in [1.29, 1.82) is 0 Å². The van der Waals surface area contributed by atoms with E-state index in [1.54, 1.807) is 0 Å². The molecule has 23 heavy (non-hydrogen) atoms. The van der Waals surface area contributed by atoms with Gasteiger partial charge in [-0.25, -0.2) is 15.0 Å². The summed E-state index contributed by atoms with van der Waals surface area (Å²) in [5.41, 5.74) is 4.50. The molecule has 3 nitrogen and oxygen atoms in total. The number of hydrogen-bond acceptors (Lipinski definition) is 3. The molecule has 2 aromatic carbocycles. The van der Waals surface area contributed by atoms with E-state index in [0.717, 1.165) is 41.4 Å². The molecule has 1 aromatic heterocycles. The monoisotopic (exact) mass is 303 g/mol. The van der Waals surface area contributed by atoms with Gasteiger partial charge in [-0.2, -0.15) is 0 Å². The molecule has 0 amide bonds. The zero-order valence-corrected chi connectivity index (χ0v) is 13.9. The molecule has 0 aliphatic heterocycles. The second-order valence-electron chi connectivity index (χ2n) is 5.78. The zero-order valence-electron chi connectivity index (χ0n) is 13.9. The standard InChI is InChI=1S/C20H21N3/c1-4-9-18-21-19(16-12-7-5-10-14(16)2)23-20(22-18)17-13-8-6-11-15(17)3/h5-8,10-13H,4,9H2,1-3H3. The predicted octanol–water partition coefficient (Wildman–Crippen LogP) is 4.77. The summed E-state index contributed by atoms with van der Waals surface area (Å²) >= 11 is 0. The lowest BCUT2D eigenvalue weighted by Crippen LogP contribution is -2.04. The van der Waals surface area contributed by atoms with E-state index in [1.165, 1.54) is 11.1 Å². The van der Waals surface area contributed by atoms with E-state index < -0.39 is 0 Å². The van der Waals surface area contributed by atoms with Crippen LogP contribution in [0.2, 0.25) is 0 Å². The van der Waals surface area contributed by atoms with Crippen LogP contribution in [0.25, 0.3) is 22.8 Å². The smallest absolute Gasteiger partial charge is 0.163 e. The van der Waals surface area contributed by atoms with Crippen molar-refractivity contribution < 1.29 is 0 Å². The molecule has 0 bridgehead atoms. The third kappa shape index (κ3) is 3.29. The average Bonchev–Trinajstić information content (AvgIpc) is 2.56. The summed E-state index contributed by atoms with van der Waals surface area (Å²) < 4.78 is 0. The van der Waals surface area contributed by atoms with Gasteiger partial charge in [-0.05, 0) is 31.4 Å². The molecule has 3 aromatic rings. The van der Waals surface area contributed by atoms with Gasteiger partial charge in [-0.15, -0.1) is 0 Å². The minimum atomic E-state index is 0.764. The van der Waals surface area contributed by atoms with Gasteiger partial charge in [0.1, 0.15) is 5.82 Å². The van der Waals surface area contributed by atoms with Crippen molar-refractivity contribution in [3.05, 3.63) is 65.5 Å². The third-order valence-corrected chi connectivity index (χ3v) is 3.93. The topological polar surface area (TPSA) is 38.7 Å². The fraction of sp³-hybridized carbons (Fsp3) is 0.250. The van der Waals surface area contributed by atoms with Crippen molar-refractivity contribution in [2.45, 2.75) is 33.6 Å². The van der Waals surface area contributed by atoms with Gasteiger partial charge in [0.2, 0.25) is 0 Å². The van der Waals surface area contributed by atoms with Crippen molar-refractivity contribution in [3.63, 3.8) is 0 Å². The molecule has 1 heterocycles. The van der Waals surface area contributed by atoms with E-state index in [1.807, 2.05) is 24.3 Å². The van der Waals surface area contributed by atoms with Crippen molar-refractivity contribution >= 4 is 0 Å². The van der Waals surface area contributed by atoms with E-state index >= 15 is 0 Å². The Morgan fingerprint density at radius 2 is 1.17 bits per heavy atom. The predicted molar refractivity (Wildman–Crippen MR) is 94.2 cm³/mol. The third-order valence-electron chi connectivity index (χ3n) is 3.93. The molecule has 0 unspecified atom stereocenters. The Kier molecular flexibility index (Phi) is 4.47. The van der Waals surface area contributed by atoms with E-state index in [-0.39, 0.29) is 0 Å². The van der Waals surface area contributed by atoms with Gasteiger partial charge in [0.25, 0.3) is 0 Å². The SMILES string of the molecule is CCCc1nc(-c2ccccc2C)nc(-c2ccccc2C)n1. The van der Waals surface area contributed by atoms with Crippen molar-refractivity contribution in [2.75, 3.05) is 0 Å². The van der Waals surface area contributed by atoms with Gasteiger partial charge >= 0.3 is 0 Å². The highest BCUT2D eigenvalue weighted by molar-refractivity contribution is 5.65. The lowest BCUT2D eigenvalue weighted by atomic mass is 10.1. The number of hydrogen-bond donors (Lipinski definition) is 0. The van der Waals surface area contributed by atoms with Crippen LogP contribution >= 0.6 is 0 Å². The summed E-state index contributed by atoms with van der Waals surface area (Å²) in [7, 11) is 0. The quantitative estimate of drug-likeness (QED) is 0.696. The van der Waals surface area contributed by atoms with Crippen molar-refractivity contribution in [2.24, 2.45) is 0 Å². The van der Waals surface area contributed by atoms with Gasteiger partial charge in [-0.1, -0.05) is 55.5 Å². The lowest BCUT2D eigenvalue weighted by molar-refractivity contribution is 0.823. The van der Waals surface area contributed by atoms with Crippen LogP contribution in [0.1, 0.15) is 30.3 Å². The highest BCUT2D eigenvalue weighted by Crippen LogP contribution is 2.24. The first-order chi connectivity index (χ1) is 11.2. The summed E-state index contributed by atoms with van der Waals surface area (Å²) in [6.45, 7) is 6.32. The summed E-state index contributed by atoms with van der Waals surface area (Å²) in [4.78, 5) is 14.1. The molecule has 0 radical (unpaired) electrons. The Bertz CT molecular complexity index is 761. The molecule has 0 aliphatic rings. The Morgan fingerprint density at radius 1 is 0.696 bits per heavy atom. The summed E-state index contributed by atoms with van der Waals surface area (Å²) in [5.74, 6) is 2.39. The van der Waals surface area contributed by atoms with Gasteiger partial charge in [0, 0.05) is 17.5 Å². The molecule has 0 saturated heterocycles. The summed E-state index contributed by atoms with van der Waals surface area (Å²) in [5, 5.41) is 0. The van der Waals surface area contributed by atoms with Gasteiger partial charge in [0.15, 0.2) is 11.6 Å². The van der Waals surface area contributed by atoms with Crippen LogP contribution in [0, 0.1) is 13.8 Å². The first-order valence-electron chi connectivity index (χ1n) is 8.06. The second-order valence-corrected chi connectivity index (χ2v) is 5.78. The lowest BCUT2D eigenvalue weighted by Gasteiger charge is -2.10. The Labute approximate surface area is 137 Å². The molecule has 3 rings (SSSR count). The molecule has 0 fully saturated rings. The number of aryl methyl sites for hydroxylation is 3. The van der Waals surface area contributed by atoms with Crippen molar-refractivity contribution in [1.82, 2.24) is 15.0 Å². The van der Waals surface area contributed by atoms with Crippen LogP contribution in [-0.2, 0) is 6.42 Å². The van der Waals surface area contributed by atoms with Gasteiger partial charge in [0.05, 0.1) is 0 Å². The molecular formula is C20H21N3. The Hall–Kier alpha value is -2.55. The molecule has 0 N–H and O–H groups in total. The molecule has 0 saturated carbocycles. The molecule has 0 spiro atoms. The molecule has 0 aliphatic carbocycles. The number of rotatable bonds is 4. The molecule has 0 atom stereocenters. The molecule has 3 heteroatoms. The normalized spacial score (nSPS) is 10.7. The van der Waals surface area contributed by atoms with Crippen LogP contribution in [-0.4, -0.2) is 15.0 Å². The maximum atomic E-state index is 4.76. The maximum Gasteiger partial charge on any atom is 0.163 e. The second kappa shape index (κ2) is 6.69. The Morgan fingerprint density at radius 3 is 1.61 bits per heavy atom. The van der Waals surface area contributed by atoms with Crippen LogP contribution in [0.4, 0.5) is 0 Å². The van der Waals surface area contributed by atoms with E-state index in [2.05, 4.69) is 55.0 Å². The number of benzene rings is 2. The first kappa shape index (κ1) is 15.3. The molecule has 116 valence electrons. The maximum absolute atomic E-state index is 4.76. The number of nitrogens with zero attached hydrogens (tertiary/aromatic N) is 3. The molecular weight excluding hydrogens is 282 g/mol. The minimum Gasteiger partial charge on any atom is -0.213 e. The summed E-state index contributed by atoms with van der Waals surface area (Å²) in [6.07, 6.45) is 1.88. The highest BCUT2D eigenvalue weighted by Gasteiger charge is 2.12. The van der Waals surface area contributed by atoms with Gasteiger partial charge < -0.3 is 0 Å². The fourth-order valence-corrected chi connectivity index (χ4v) is 2.64. The first-order valence-corrected chi connectivity index (χ1v) is 8.06. The Balaban J connectivity index is 2.18. The van der Waals surface area contributed by atoms with E-state index in [0.29, 0.717) is 0 Å². The van der Waals surface area contributed by atoms with Crippen molar-refractivity contribution in [3.8, 4) is 22.8 Å². The zero-order chi connectivity index (χ0) is 16.2. The van der Waals surface area contributed by atoms with Crippen LogP contribution in [0.3, 0.4) is 0 Å². The van der Waals surface area contributed by atoms with E-state index in [4.69, 9.17) is 4.98 Å². The fourth-order valence-electron chi connectivity index (χ4n) is 2.64. The largest absolute Gasteiger partial charge is 0.213 e. The summed E-state index contributed by atoms with van der Waals surface area (Å²) in [6, 6.07) is 16.4. The van der Waals surface area contributed by atoms with Crippen LogP contribution in [0.5, 0.6) is 0 Å². The average molecular weight is 303 g/mol. The van der Waals surface area contributed by atoms with Gasteiger partial charge in [-0.3, -0.25) is 0 Å².